The summed E-state index contributed by atoms with van der Waals surface area (Å²) in [6, 6.07) is 5.09. The van der Waals surface area contributed by atoms with E-state index in [1.165, 1.54) is 0 Å². The summed E-state index contributed by atoms with van der Waals surface area (Å²) in [7, 11) is 0. The molecular weight excluding hydrogens is 323 g/mol. The van der Waals surface area contributed by atoms with E-state index in [1.807, 2.05) is 24.6 Å². The Balaban J connectivity index is 1.90. The molecule has 1 N–H and O–H groups in total. The molecule has 0 spiro atoms. The van der Waals surface area contributed by atoms with Gasteiger partial charge in [-0.05, 0) is 32.0 Å². The Morgan fingerprint density at radius 2 is 1.91 bits per heavy atom. The second-order valence-corrected chi connectivity index (χ2v) is 5.81. The molecule has 3 aromatic rings. The van der Waals surface area contributed by atoms with Crippen molar-refractivity contribution in [1.82, 2.24) is 19.7 Å². The highest BCUT2D eigenvalue weighted by Gasteiger charge is 2.14. The standard InChI is InChI=1S/C15H14Cl2N4O/c1-9-15(22-13-6-11(16)5-12(17)7-13)14(20-19-9)8-21-4-3-18-10(21)2/h3-7H,8H2,1-2H3,(H,19,20). The molecule has 2 heterocycles. The van der Waals surface area contributed by atoms with E-state index in [0.29, 0.717) is 28.1 Å². The van der Waals surface area contributed by atoms with Crippen LogP contribution in [0, 0.1) is 13.8 Å². The summed E-state index contributed by atoms with van der Waals surface area (Å²) < 4.78 is 7.93. The highest BCUT2D eigenvalue weighted by molar-refractivity contribution is 6.34. The molecule has 7 heteroatoms. The minimum absolute atomic E-state index is 0.524. The molecule has 0 aliphatic heterocycles. The van der Waals surface area contributed by atoms with Crippen LogP contribution in [0.25, 0.3) is 0 Å². The van der Waals surface area contributed by atoms with Gasteiger partial charge in [-0.3, -0.25) is 5.10 Å². The van der Waals surface area contributed by atoms with E-state index in [4.69, 9.17) is 27.9 Å². The summed E-state index contributed by atoms with van der Waals surface area (Å²) in [6.45, 7) is 4.41. The van der Waals surface area contributed by atoms with Gasteiger partial charge >= 0.3 is 0 Å². The highest BCUT2D eigenvalue weighted by atomic mass is 35.5. The lowest BCUT2D eigenvalue weighted by atomic mass is 10.3. The molecule has 0 atom stereocenters. The number of rotatable bonds is 4. The van der Waals surface area contributed by atoms with Gasteiger partial charge in [-0.1, -0.05) is 23.2 Å². The minimum atomic E-state index is 0.524. The number of hydrogen-bond acceptors (Lipinski definition) is 3. The largest absolute Gasteiger partial charge is 0.453 e. The Bertz CT molecular complexity index is 789. The number of H-pyrrole nitrogens is 1. The van der Waals surface area contributed by atoms with Crippen molar-refractivity contribution in [3.05, 3.63) is 57.9 Å². The Kier molecular flexibility index (Phi) is 4.09. The van der Waals surface area contributed by atoms with Gasteiger partial charge in [0.15, 0.2) is 5.75 Å². The van der Waals surface area contributed by atoms with Gasteiger partial charge in [-0.25, -0.2) is 4.98 Å². The fourth-order valence-electron chi connectivity index (χ4n) is 2.15. The Morgan fingerprint density at radius 1 is 1.18 bits per heavy atom. The summed E-state index contributed by atoms with van der Waals surface area (Å²) in [6.07, 6.45) is 3.66. The molecule has 0 saturated carbocycles. The van der Waals surface area contributed by atoms with E-state index in [2.05, 4.69) is 15.2 Å². The second-order valence-electron chi connectivity index (χ2n) is 4.93. The van der Waals surface area contributed by atoms with Crippen LogP contribution in [-0.2, 0) is 6.54 Å². The van der Waals surface area contributed by atoms with Crippen LogP contribution in [0.2, 0.25) is 10.0 Å². The second kappa shape index (κ2) is 6.02. The summed E-state index contributed by atoms with van der Waals surface area (Å²) in [5.74, 6) is 2.16. The van der Waals surface area contributed by atoms with Crippen molar-refractivity contribution in [2.24, 2.45) is 0 Å². The molecular formula is C15H14Cl2N4O. The first-order valence-corrected chi connectivity index (χ1v) is 7.44. The third-order valence-electron chi connectivity index (χ3n) is 3.26. The molecule has 0 aliphatic rings. The molecule has 0 bridgehead atoms. The van der Waals surface area contributed by atoms with Crippen LogP contribution in [0.15, 0.2) is 30.6 Å². The van der Waals surface area contributed by atoms with E-state index in [0.717, 1.165) is 17.2 Å². The fourth-order valence-corrected chi connectivity index (χ4v) is 2.66. The van der Waals surface area contributed by atoms with E-state index in [-0.39, 0.29) is 0 Å². The smallest absolute Gasteiger partial charge is 0.173 e. The maximum Gasteiger partial charge on any atom is 0.173 e. The topological polar surface area (TPSA) is 55.7 Å². The zero-order chi connectivity index (χ0) is 15.7. The zero-order valence-electron chi connectivity index (χ0n) is 12.1. The van der Waals surface area contributed by atoms with Crippen LogP contribution in [0.4, 0.5) is 0 Å². The number of ether oxygens (including phenoxy) is 1. The third kappa shape index (κ3) is 3.10. The first kappa shape index (κ1) is 14.9. The van der Waals surface area contributed by atoms with Crippen LogP contribution in [0.3, 0.4) is 0 Å². The van der Waals surface area contributed by atoms with Crippen molar-refractivity contribution >= 4 is 23.2 Å². The molecule has 0 fully saturated rings. The fraction of sp³-hybridized carbons (Fsp3) is 0.200. The van der Waals surface area contributed by atoms with Crippen LogP contribution in [-0.4, -0.2) is 19.7 Å². The van der Waals surface area contributed by atoms with Gasteiger partial charge in [0.25, 0.3) is 0 Å². The third-order valence-corrected chi connectivity index (χ3v) is 3.70. The number of hydrogen-bond donors (Lipinski definition) is 1. The summed E-state index contributed by atoms with van der Waals surface area (Å²) in [5, 5.41) is 8.30. The summed E-state index contributed by atoms with van der Waals surface area (Å²) in [4.78, 5) is 4.21. The van der Waals surface area contributed by atoms with Crippen molar-refractivity contribution in [3.63, 3.8) is 0 Å². The lowest BCUT2D eigenvalue weighted by molar-refractivity contribution is 0.470. The number of benzene rings is 1. The van der Waals surface area contributed by atoms with Gasteiger partial charge in [0, 0.05) is 22.4 Å². The minimum Gasteiger partial charge on any atom is -0.453 e. The molecule has 0 radical (unpaired) electrons. The van der Waals surface area contributed by atoms with Crippen LogP contribution in [0.5, 0.6) is 11.5 Å². The predicted molar refractivity (Wildman–Crippen MR) is 85.9 cm³/mol. The molecule has 0 aliphatic carbocycles. The van der Waals surface area contributed by atoms with Crippen molar-refractivity contribution < 1.29 is 4.74 Å². The average molecular weight is 337 g/mol. The molecule has 22 heavy (non-hydrogen) atoms. The predicted octanol–water partition coefficient (Wildman–Crippen LogP) is 4.37. The van der Waals surface area contributed by atoms with Crippen molar-refractivity contribution in [1.29, 1.82) is 0 Å². The first-order valence-electron chi connectivity index (χ1n) is 6.68. The molecule has 0 unspecified atom stereocenters. The van der Waals surface area contributed by atoms with Crippen LogP contribution < -0.4 is 4.74 Å². The van der Waals surface area contributed by atoms with Gasteiger partial charge in [0.05, 0.1) is 12.2 Å². The molecule has 1 aromatic carbocycles. The van der Waals surface area contributed by atoms with E-state index in [9.17, 15) is 0 Å². The number of imidazole rings is 1. The van der Waals surface area contributed by atoms with E-state index < -0.39 is 0 Å². The lowest BCUT2D eigenvalue weighted by Crippen LogP contribution is -2.02. The summed E-state index contributed by atoms with van der Waals surface area (Å²) in [5.41, 5.74) is 1.62. The highest BCUT2D eigenvalue weighted by Crippen LogP contribution is 2.31. The number of nitrogens with zero attached hydrogens (tertiary/aromatic N) is 3. The van der Waals surface area contributed by atoms with Gasteiger partial charge in [-0.15, -0.1) is 0 Å². The molecule has 0 amide bonds. The van der Waals surface area contributed by atoms with Gasteiger partial charge < -0.3 is 9.30 Å². The maximum absolute atomic E-state index is 6.01. The number of aromatic nitrogens is 4. The van der Waals surface area contributed by atoms with Crippen molar-refractivity contribution in [2.45, 2.75) is 20.4 Å². The lowest BCUT2D eigenvalue weighted by Gasteiger charge is -2.09. The van der Waals surface area contributed by atoms with Gasteiger partial charge in [0.2, 0.25) is 0 Å². The Labute approximate surface area is 137 Å². The van der Waals surface area contributed by atoms with E-state index >= 15 is 0 Å². The SMILES string of the molecule is Cc1[nH]nc(Cn2ccnc2C)c1Oc1cc(Cl)cc(Cl)c1. The maximum atomic E-state index is 6.01. The van der Waals surface area contributed by atoms with Gasteiger partial charge in [0.1, 0.15) is 17.3 Å². The molecule has 114 valence electrons. The number of aryl methyl sites for hydroxylation is 2. The van der Waals surface area contributed by atoms with Crippen molar-refractivity contribution in [3.8, 4) is 11.5 Å². The molecule has 0 saturated heterocycles. The molecule has 5 nitrogen and oxygen atoms in total. The first-order chi connectivity index (χ1) is 10.5. The monoisotopic (exact) mass is 336 g/mol. The molecule has 3 rings (SSSR count). The quantitative estimate of drug-likeness (QED) is 0.769. The van der Waals surface area contributed by atoms with Crippen molar-refractivity contribution in [2.75, 3.05) is 0 Å². The average Bonchev–Trinajstić information content (AvgIpc) is 2.99. The number of aromatic amines is 1. The Hall–Kier alpha value is -1.98. The Morgan fingerprint density at radius 3 is 2.55 bits per heavy atom. The van der Waals surface area contributed by atoms with Gasteiger partial charge in [-0.2, -0.15) is 5.10 Å². The van der Waals surface area contributed by atoms with E-state index in [1.54, 1.807) is 24.4 Å². The number of halogens is 2. The van der Waals surface area contributed by atoms with Crippen LogP contribution >= 0.6 is 23.2 Å². The summed E-state index contributed by atoms with van der Waals surface area (Å²) >= 11 is 12.0. The molecule has 2 aromatic heterocycles. The zero-order valence-corrected chi connectivity index (χ0v) is 13.6. The van der Waals surface area contributed by atoms with Crippen LogP contribution in [0.1, 0.15) is 17.2 Å². The normalized spacial score (nSPS) is 10.9. The number of nitrogens with one attached hydrogen (secondary N) is 1.